The van der Waals surface area contributed by atoms with Crippen LogP contribution in [0.5, 0.6) is 11.5 Å². The molecule has 9 heteroatoms. The minimum Gasteiger partial charge on any atom is -0.497 e. The fraction of sp³-hybridized carbons (Fsp3) is 0.238. The number of thiophene rings is 1. The third-order valence-electron chi connectivity index (χ3n) is 5.03. The number of ether oxygens (including phenoxy) is 2. The van der Waals surface area contributed by atoms with Crippen LogP contribution in [0.2, 0.25) is 0 Å². The van der Waals surface area contributed by atoms with Crippen molar-refractivity contribution in [1.82, 2.24) is 0 Å². The van der Waals surface area contributed by atoms with E-state index >= 15 is 0 Å². The van der Waals surface area contributed by atoms with Gasteiger partial charge >= 0.3 is 17.8 Å². The Balaban J connectivity index is 2.01. The Kier molecular flexibility index (Phi) is 4.57. The van der Waals surface area contributed by atoms with E-state index in [0.717, 1.165) is 0 Å². The average Bonchev–Trinajstić information content (AvgIpc) is 3.19. The van der Waals surface area contributed by atoms with Gasteiger partial charge in [-0.2, -0.15) is 26.3 Å². The van der Waals surface area contributed by atoms with Crippen molar-refractivity contribution in [1.29, 1.82) is 0 Å². The fourth-order valence-corrected chi connectivity index (χ4v) is 4.81. The zero-order valence-corrected chi connectivity index (χ0v) is 16.4. The molecule has 0 saturated carbocycles. The normalized spacial score (nSPS) is 18.1. The van der Waals surface area contributed by atoms with Crippen LogP contribution in [0.4, 0.5) is 26.3 Å². The number of hydrogen-bond acceptors (Lipinski definition) is 3. The zero-order valence-electron chi connectivity index (χ0n) is 15.6. The van der Waals surface area contributed by atoms with Crippen LogP contribution in [0, 0.1) is 0 Å². The highest BCUT2D eigenvalue weighted by atomic mass is 32.1. The fourth-order valence-electron chi connectivity index (χ4n) is 3.43. The largest absolute Gasteiger partial charge is 0.497 e. The molecule has 0 radical (unpaired) electrons. The van der Waals surface area contributed by atoms with Gasteiger partial charge in [-0.1, -0.05) is 0 Å². The summed E-state index contributed by atoms with van der Waals surface area (Å²) < 4.78 is 97.2. The Labute approximate surface area is 171 Å². The van der Waals surface area contributed by atoms with Gasteiger partial charge < -0.3 is 9.47 Å². The van der Waals surface area contributed by atoms with Gasteiger partial charge in [-0.05, 0) is 59.7 Å². The smallest absolute Gasteiger partial charge is 0.380 e. The predicted octanol–water partition coefficient (Wildman–Crippen LogP) is 6.93. The van der Waals surface area contributed by atoms with Crippen LogP contribution < -0.4 is 9.47 Å². The van der Waals surface area contributed by atoms with E-state index in [2.05, 4.69) is 0 Å². The maximum Gasteiger partial charge on any atom is 0.380 e. The molecule has 0 unspecified atom stereocenters. The Morgan fingerprint density at radius 2 is 0.933 bits per heavy atom. The molecule has 1 aliphatic rings. The topological polar surface area (TPSA) is 18.5 Å². The molecule has 30 heavy (non-hydrogen) atoms. The Bertz CT molecular complexity index is 1000. The lowest BCUT2D eigenvalue weighted by atomic mass is 10.0. The molecule has 4 rings (SSSR count). The summed E-state index contributed by atoms with van der Waals surface area (Å²) in [5, 5.41) is 0. The average molecular weight is 444 g/mol. The monoisotopic (exact) mass is 444 g/mol. The maximum atomic E-state index is 14.7. The van der Waals surface area contributed by atoms with Crippen LogP contribution in [-0.4, -0.2) is 20.1 Å². The van der Waals surface area contributed by atoms with Gasteiger partial charge in [-0.25, -0.2) is 0 Å². The minimum atomic E-state index is -5.55. The van der Waals surface area contributed by atoms with Crippen molar-refractivity contribution in [3.8, 4) is 32.4 Å². The Morgan fingerprint density at radius 1 is 0.600 bits per heavy atom. The van der Waals surface area contributed by atoms with E-state index in [1.54, 1.807) is 0 Å². The molecule has 1 heterocycles. The SMILES string of the molecule is COc1ccc(-c2sc(-c3ccc(OC)cc3)c3c2C(F)(F)C(F)(F)C3(F)F)cc1. The molecule has 0 fully saturated rings. The molecule has 0 N–H and O–H groups in total. The molecule has 2 aromatic carbocycles. The summed E-state index contributed by atoms with van der Waals surface area (Å²) in [5.74, 6) is -14.8. The number of hydrogen-bond donors (Lipinski definition) is 0. The highest BCUT2D eigenvalue weighted by Gasteiger charge is 2.80. The van der Waals surface area contributed by atoms with Crippen LogP contribution in [0.15, 0.2) is 48.5 Å². The van der Waals surface area contributed by atoms with E-state index in [4.69, 9.17) is 9.47 Å². The molecule has 0 atom stereocenters. The van der Waals surface area contributed by atoms with Gasteiger partial charge in [0.2, 0.25) is 0 Å². The number of benzene rings is 2. The summed E-state index contributed by atoms with van der Waals surface area (Å²) in [4.78, 5) is -0.666. The van der Waals surface area contributed by atoms with E-state index in [0.29, 0.717) is 22.8 Å². The number of fused-ring (bicyclic) bond motifs is 1. The van der Waals surface area contributed by atoms with Crippen molar-refractivity contribution in [3.63, 3.8) is 0 Å². The van der Waals surface area contributed by atoms with Crippen molar-refractivity contribution in [2.24, 2.45) is 0 Å². The van der Waals surface area contributed by atoms with Gasteiger partial charge in [0.1, 0.15) is 11.5 Å². The van der Waals surface area contributed by atoms with Crippen molar-refractivity contribution < 1.29 is 35.8 Å². The molecule has 1 aromatic heterocycles. The highest BCUT2D eigenvalue weighted by Crippen LogP contribution is 2.68. The number of methoxy groups -OCH3 is 2. The second-order valence-electron chi connectivity index (χ2n) is 6.69. The van der Waals surface area contributed by atoms with Crippen molar-refractivity contribution in [2.75, 3.05) is 14.2 Å². The van der Waals surface area contributed by atoms with Crippen LogP contribution in [0.25, 0.3) is 20.9 Å². The van der Waals surface area contributed by atoms with Crippen LogP contribution in [0.3, 0.4) is 0 Å². The first kappa shape index (κ1) is 20.6. The van der Waals surface area contributed by atoms with Crippen LogP contribution in [0.1, 0.15) is 11.1 Å². The first-order valence-electron chi connectivity index (χ1n) is 8.66. The van der Waals surface area contributed by atoms with Crippen molar-refractivity contribution in [3.05, 3.63) is 59.7 Å². The minimum absolute atomic E-state index is 0.116. The predicted molar refractivity (Wildman–Crippen MR) is 101 cm³/mol. The second-order valence-corrected chi connectivity index (χ2v) is 7.71. The molecular weight excluding hydrogens is 430 g/mol. The first-order valence-corrected chi connectivity index (χ1v) is 9.48. The van der Waals surface area contributed by atoms with Gasteiger partial charge in [0.05, 0.1) is 25.3 Å². The van der Waals surface area contributed by atoms with Crippen molar-refractivity contribution >= 4 is 11.3 Å². The van der Waals surface area contributed by atoms with Crippen molar-refractivity contribution in [2.45, 2.75) is 17.8 Å². The molecule has 0 amide bonds. The molecular formula is C21H14F6O2S. The summed E-state index contributed by atoms with van der Waals surface area (Å²) in [6, 6.07) is 11.2. The lowest BCUT2D eigenvalue weighted by molar-refractivity contribution is -0.302. The molecule has 0 aliphatic heterocycles. The molecule has 1 aliphatic carbocycles. The van der Waals surface area contributed by atoms with E-state index in [9.17, 15) is 26.3 Å². The van der Waals surface area contributed by atoms with E-state index < -0.39 is 28.9 Å². The second kappa shape index (κ2) is 6.66. The molecule has 2 nitrogen and oxygen atoms in total. The van der Waals surface area contributed by atoms with Gasteiger partial charge in [0.25, 0.3) is 0 Å². The third kappa shape index (κ3) is 2.64. The van der Waals surface area contributed by atoms with Gasteiger partial charge in [-0.3, -0.25) is 0 Å². The molecule has 158 valence electrons. The third-order valence-corrected chi connectivity index (χ3v) is 6.32. The summed E-state index contributed by atoms with van der Waals surface area (Å²) in [6.45, 7) is 0. The van der Waals surface area contributed by atoms with Gasteiger partial charge in [-0.15, -0.1) is 11.3 Å². The first-order chi connectivity index (χ1) is 14.1. The standard InChI is InChI=1S/C21H14F6O2S/c1-28-13-7-3-11(4-8-13)17-15-16(20(24,25)21(26,27)19(15,22)23)18(30-17)12-5-9-14(29-2)10-6-12/h3-10H,1-2H3. The van der Waals surface area contributed by atoms with E-state index in [1.165, 1.54) is 62.8 Å². The molecule has 0 saturated heterocycles. The highest BCUT2D eigenvalue weighted by molar-refractivity contribution is 7.19. The summed E-state index contributed by atoms with van der Waals surface area (Å²) in [5.41, 5.74) is -2.44. The van der Waals surface area contributed by atoms with Gasteiger partial charge in [0.15, 0.2) is 0 Å². The molecule has 0 spiro atoms. The van der Waals surface area contributed by atoms with E-state index in [1.807, 2.05) is 0 Å². The molecule has 0 bridgehead atoms. The maximum absolute atomic E-state index is 14.7. The number of alkyl halides is 6. The summed E-state index contributed by atoms with van der Waals surface area (Å²) in [6.07, 6.45) is 0. The Morgan fingerprint density at radius 3 is 1.23 bits per heavy atom. The quantitative estimate of drug-likeness (QED) is 0.406. The lowest BCUT2D eigenvalue weighted by Gasteiger charge is -2.25. The zero-order chi connectivity index (χ0) is 21.9. The lowest BCUT2D eigenvalue weighted by Crippen LogP contribution is -2.43. The van der Waals surface area contributed by atoms with Gasteiger partial charge in [0, 0.05) is 9.75 Å². The number of rotatable bonds is 4. The summed E-state index contributed by atoms with van der Waals surface area (Å²) in [7, 11) is 2.80. The van der Waals surface area contributed by atoms with Crippen LogP contribution >= 0.6 is 11.3 Å². The molecule has 3 aromatic rings. The van der Waals surface area contributed by atoms with E-state index in [-0.39, 0.29) is 20.9 Å². The Hall–Kier alpha value is -2.68. The van der Waals surface area contributed by atoms with Crippen LogP contribution in [-0.2, 0) is 11.8 Å². The number of halogens is 6. The summed E-state index contributed by atoms with van der Waals surface area (Å²) >= 11 is 0.625.